The van der Waals surface area contributed by atoms with Crippen LogP contribution < -0.4 is 31.5 Å². The first-order chi connectivity index (χ1) is 17.7. The smallest absolute Gasteiger partial charge is 0.225 e. The minimum atomic E-state index is -0.420. The molecule has 10 nitrogen and oxygen atoms in total. The van der Waals surface area contributed by atoms with E-state index in [1.54, 1.807) is 0 Å². The minimum absolute atomic E-state index is 0.330. The monoisotopic (exact) mass is 499 g/mol. The molecule has 5 rings (SSSR count). The number of nitrogens with two attached hydrogens (primary N) is 1. The molecule has 3 fully saturated rings. The second-order valence-corrected chi connectivity index (χ2v) is 9.50. The van der Waals surface area contributed by atoms with Gasteiger partial charge in [-0.3, -0.25) is 4.90 Å². The molecule has 3 aliphatic heterocycles. The van der Waals surface area contributed by atoms with Crippen LogP contribution in [0.5, 0.6) is 0 Å². The van der Waals surface area contributed by atoms with Gasteiger partial charge in [0.2, 0.25) is 5.95 Å². The van der Waals surface area contributed by atoms with E-state index in [0.717, 1.165) is 63.6 Å². The van der Waals surface area contributed by atoms with Crippen molar-refractivity contribution in [3.63, 3.8) is 0 Å². The van der Waals surface area contributed by atoms with Crippen molar-refractivity contribution in [2.24, 2.45) is 5.73 Å². The summed E-state index contributed by atoms with van der Waals surface area (Å²) in [6, 6.07) is 8.34. The molecule has 36 heavy (non-hydrogen) atoms. The molecule has 1 unspecified atom stereocenters. The summed E-state index contributed by atoms with van der Waals surface area (Å²) in [5, 5.41) is 10.0. The average Bonchev–Trinajstić information content (AvgIpc) is 2.95. The van der Waals surface area contributed by atoms with Crippen molar-refractivity contribution in [2.75, 3.05) is 100 Å². The summed E-state index contributed by atoms with van der Waals surface area (Å²) in [6.45, 7) is 11.0. The molecule has 0 amide bonds. The molecule has 0 bridgehead atoms. The number of halogens is 1. The van der Waals surface area contributed by atoms with Crippen LogP contribution in [0.3, 0.4) is 0 Å². The van der Waals surface area contributed by atoms with Crippen LogP contribution in [0.2, 0.25) is 0 Å². The van der Waals surface area contributed by atoms with Gasteiger partial charge in [0.1, 0.15) is 11.8 Å². The van der Waals surface area contributed by atoms with E-state index in [0.29, 0.717) is 56.8 Å². The summed E-state index contributed by atoms with van der Waals surface area (Å²) < 4.78 is 21.7. The van der Waals surface area contributed by atoms with Crippen molar-refractivity contribution in [3.05, 3.63) is 41.3 Å². The van der Waals surface area contributed by atoms with Gasteiger partial charge in [0.05, 0.1) is 6.61 Å². The van der Waals surface area contributed by atoms with Crippen molar-refractivity contribution < 1.29 is 9.13 Å². The third kappa shape index (κ3) is 6.04. The van der Waals surface area contributed by atoms with Gasteiger partial charge >= 0.3 is 0 Å². The first-order valence-corrected chi connectivity index (χ1v) is 13.1. The van der Waals surface area contributed by atoms with Gasteiger partial charge in [-0.2, -0.15) is 4.98 Å². The van der Waals surface area contributed by atoms with Gasteiger partial charge in [-0.25, -0.2) is 9.37 Å². The first kappa shape index (κ1) is 25.1. The Morgan fingerprint density at radius 2 is 1.72 bits per heavy atom. The number of hydrogen-bond donors (Lipinski definition) is 4. The van der Waals surface area contributed by atoms with Gasteiger partial charge in [-0.1, -0.05) is 12.1 Å². The zero-order valence-corrected chi connectivity index (χ0v) is 20.9. The molecule has 2 aromatic rings. The number of benzene rings is 1. The van der Waals surface area contributed by atoms with Crippen molar-refractivity contribution in [2.45, 2.75) is 12.6 Å². The molecule has 0 spiro atoms. The summed E-state index contributed by atoms with van der Waals surface area (Å²) >= 11 is 0. The van der Waals surface area contributed by atoms with E-state index in [4.69, 9.17) is 10.5 Å². The van der Waals surface area contributed by atoms with Crippen LogP contribution in [-0.4, -0.2) is 100 Å². The van der Waals surface area contributed by atoms with Gasteiger partial charge in [0, 0.05) is 90.8 Å². The van der Waals surface area contributed by atoms with E-state index in [-0.39, 0.29) is 5.82 Å². The van der Waals surface area contributed by atoms with Crippen LogP contribution in [0.15, 0.2) is 24.3 Å². The molecule has 1 aromatic carbocycles. The zero-order valence-electron chi connectivity index (χ0n) is 20.9. The quantitative estimate of drug-likeness (QED) is 0.407. The normalized spacial score (nSPS) is 21.6. The summed E-state index contributed by atoms with van der Waals surface area (Å²) in [6.07, 6.45) is -0.420. The lowest BCUT2D eigenvalue weighted by Gasteiger charge is -2.37. The molecule has 3 saturated heterocycles. The maximum atomic E-state index is 15.8. The third-order valence-corrected chi connectivity index (χ3v) is 7.13. The van der Waals surface area contributed by atoms with E-state index >= 15 is 4.39 Å². The largest absolute Gasteiger partial charge is 0.369 e. The molecular weight excluding hydrogens is 461 g/mol. The van der Waals surface area contributed by atoms with Gasteiger partial charge in [0.15, 0.2) is 11.6 Å². The Hall–Kier alpha value is -2.57. The lowest BCUT2D eigenvalue weighted by molar-refractivity contribution is 0.0227. The number of morpholine rings is 1. The Kier molecular flexibility index (Phi) is 8.44. The Balaban J connectivity index is 1.29. The molecule has 5 N–H and O–H groups in total. The lowest BCUT2D eigenvalue weighted by atomic mass is 10.1. The fraction of sp³-hybridized carbons (Fsp3) is 0.600. The van der Waals surface area contributed by atoms with E-state index < -0.39 is 6.10 Å². The van der Waals surface area contributed by atoms with Gasteiger partial charge in [-0.15, -0.1) is 0 Å². The number of ether oxygens (including phenoxy) is 1. The fourth-order valence-electron chi connectivity index (χ4n) is 4.97. The van der Waals surface area contributed by atoms with Gasteiger partial charge in [0.25, 0.3) is 0 Å². The molecule has 0 saturated carbocycles. The molecule has 3 aliphatic rings. The molecule has 0 aliphatic carbocycles. The molecule has 1 aromatic heterocycles. The predicted octanol–water partition coefficient (Wildman–Crippen LogP) is 0.379. The van der Waals surface area contributed by atoms with Crippen molar-refractivity contribution in [1.82, 2.24) is 25.5 Å². The van der Waals surface area contributed by atoms with Crippen LogP contribution >= 0.6 is 0 Å². The zero-order chi connectivity index (χ0) is 24.7. The number of rotatable bonds is 8. The number of hydrogen-bond acceptors (Lipinski definition) is 10. The van der Waals surface area contributed by atoms with Crippen molar-refractivity contribution in [3.8, 4) is 0 Å². The number of anilines is 3. The minimum Gasteiger partial charge on any atom is -0.369 e. The number of aromatic nitrogens is 2. The van der Waals surface area contributed by atoms with Crippen LogP contribution in [0.4, 0.5) is 21.8 Å². The van der Waals surface area contributed by atoms with Crippen LogP contribution in [0, 0.1) is 5.82 Å². The van der Waals surface area contributed by atoms with E-state index in [2.05, 4.69) is 60.0 Å². The SMILES string of the molecule is NCc1ccc(N2CCN(c3nc(NCCN4CCNCC4)nc(C4CNCCO4)c3F)CC2)cc1. The Labute approximate surface area is 212 Å². The van der Waals surface area contributed by atoms with E-state index in [1.165, 1.54) is 0 Å². The molecule has 1 atom stereocenters. The van der Waals surface area contributed by atoms with Crippen molar-refractivity contribution in [1.29, 1.82) is 0 Å². The lowest BCUT2D eigenvalue weighted by Crippen LogP contribution is -2.47. The Morgan fingerprint density at radius 1 is 0.972 bits per heavy atom. The van der Waals surface area contributed by atoms with E-state index in [9.17, 15) is 0 Å². The highest BCUT2D eigenvalue weighted by Gasteiger charge is 2.29. The summed E-state index contributed by atoms with van der Waals surface area (Å²) in [5.41, 5.74) is 8.34. The topological polar surface area (TPSA) is 107 Å². The number of nitrogens with one attached hydrogen (secondary N) is 3. The van der Waals surface area contributed by atoms with Gasteiger partial charge in [-0.05, 0) is 17.7 Å². The summed E-state index contributed by atoms with van der Waals surface area (Å²) in [5.74, 6) is 0.444. The standard InChI is InChI=1S/C25H38FN9O/c26-22-23(21-18-29-8-16-36-21)31-25(30-7-11-33-9-5-28-6-10-33)32-24(22)35-14-12-34(13-15-35)20-3-1-19(17-27)2-4-20/h1-4,21,28-29H,5-18,27H2,(H,30,31,32). The molecular formula is C25H38FN9O. The molecule has 0 radical (unpaired) electrons. The maximum absolute atomic E-state index is 15.8. The predicted molar refractivity (Wildman–Crippen MR) is 140 cm³/mol. The van der Waals surface area contributed by atoms with Crippen LogP contribution in [0.25, 0.3) is 0 Å². The second kappa shape index (κ2) is 12.1. The highest BCUT2D eigenvalue weighted by Crippen LogP contribution is 2.29. The second-order valence-electron chi connectivity index (χ2n) is 9.50. The summed E-state index contributed by atoms with van der Waals surface area (Å²) in [7, 11) is 0. The molecule has 196 valence electrons. The van der Waals surface area contributed by atoms with Crippen LogP contribution in [-0.2, 0) is 11.3 Å². The van der Waals surface area contributed by atoms with Crippen molar-refractivity contribution >= 4 is 17.5 Å². The highest BCUT2D eigenvalue weighted by atomic mass is 19.1. The fourth-order valence-corrected chi connectivity index (χ4v) is 4.97. The number of piperazine rings is 2. The average molecular weight is 500 g/mol. The number of nitrogens with zero attached hydrogens (tertiary/aromatic N) is 5. The third-order valence-electron chi connectivity index (χ3n) is 7.13. The van der Waals surface area contributed by atoms with E-state index in [1.807, 2.05) is 4.90 Å². The maximum Gasteiger partial charge on any atom is 0.225 e. The molecule has 11 heteroatoms. The highest BCUT2D eigenvalue weighted by molar-refractivity contribution is 5.52. The van der Waals surface area contributed by atoms with Gasteiger partial charge < -0.3 is 36.2 Å². The first-order valence-electron chi connectivity index (χ1n) is 13.1. The summed E-state index contributed by atoms with van der Waals surface area (Å²) in [4.78, 5) is 16.0. The molecule has 4 heterocycles. The van der Waals surface area contributed by atoms with Crippen LogP contribution in [0.1, 0.15) is 17.4 Å². The Bertz CT molecular complexity index is 972. The Morgan fingerprint density at radius 3 is 2.42 bits per heavy atom.